The first kappa shape index (κ1) is 22.4. The van der Waals surface area contributed by atoms with Crippen LogP contribution in [0.5, 0.6) is 5.75 Å². The summed E-state index contributed by atoms with van der Waals surface area (Å²) < 4.78 is 17.3. The van der Waals surface area contributed by atoms with Crippen molar-refractivity contribution >= 4 is 40.7 Å². The van der Waals surface area contributed by atoms with Gasteiger partial charge in [0, 0.05) is 30.8 Å². The fourth-order valence-electron chi connectivity index (χ4n) is 2.29. The van der Waals surface area contributed by atoms with Crippen LogP contribution < -0.4 is 15.4 Å². The highest BCUT2D eigenvalue weighted by Gasteiger charge is 2.04. The first-order valence-corrected chi connectivity index (χ1v) is 9.55. The zero-order valence-electron chi connectivity index (χ0n) is 15.1. The molecule has 0 radical (unpaired) electrons. The van der Waals surface area contributed by atoms with E-state index in [4.69, 9.17) is 4.74 Å². The molecule has 0 spiro atoms. The van der Waals surface area contributed by atoms with Crippen LogP contribution in [0.4, 0.5) is 0 Å². The van der Waals surface area contributed by atoms with Gasteiger partial charge in [-0.3, -0.25) is 9.20 Å². The fourth-order valence-corrected chi connectivity index (χ4v) is 3.27. The van der Waals surface area contributed by atoms with Crippen molar-refractivity contribution in [3.05, 3.63) is 60.2 Å². The molecular formula is C19H26IN3O2S. The summed E-state index contributed by atoms with van der Waals surface area (Å²) in [5, 5.41) is 6.47. The van der Waals surface area contributed by atoms with Crippen LogP contribution in [0.3, 0.4) is 0 Å². The van der Waals surface area contributed by atoms with Crippen LogP contribution in [0.2, 0.25) is 0 Å². The summed E-state index contributed by atoms with van der Waals surface area (Å²) in [5.74, 6) is 2.13. The van der Waals surface area contributed by atoms with Gasteiger partial charge in [-0.05, 0) is 36.2 Å². The van der Waals surface area contributed by atoms with Gasteiger partial charge in [0.2, 0.25) is 0 Å². The van der Waals surface area contributed by atoms with Gasteiger partial charge in [-0.25, -0.2) is 0 Å². The van der Waals surface area contributed by atoms with Crippen molar-refractivity contribution in [3.8, 4) is 5.75 Å². The molecule has 0 aliphatic carbocycles. The van der Waals surface area contributed by atoms with Gasteiger partial charge in [-0.15, -0.1) is 24.0 Å². The van der Waals surface area contributed by atoms with Crippen molar-refractivity contribution in [3.63, 3.8) is 0 Å². The van der Waals surface area contributed by atoms with Gasteiger partial charge >= 0.3 is 0 Å². The Kier molecular flexibility index (Phi) is 11.0. The number of nitrogens with zero attached hydrogens (tertiary/aromatic N) is 1. The molecule has 0 aliphatic rings. The molecule has 0 heterocycles. The zero-order valence-corrected chi connectivity index (χ0v) is 18.3. The molecule has 0 amide bonds. The van der Waals surface area contributed by atoms with E-state index in [1.807, 2.05) is 42.5 Å². The van der Waals surface area contributed by atoms with Crippen molar-refractivity contribution in [1.29, 1.82) is 0 Å². The Bertz CT molecular complexity index is 694. The van der Waals surface area contributed by atoms with E-state index < -0.39 is 10.8 Å². The van der Waals surface area contributed by atoms with E-state index in [0.29, 0.717) is 12.3 Å². The van der Waals surface area contributed by atoms with Crippen LogP contribution in [-0.4, -0.2) is 43.2 Å². The minimum absolute atomic E-state index is 0. The van der Waals surface area contributed by atoms with E-state index in [9.17, 15) is 4.21 Å². The Morgan fingerprint density at radius 3 is 2.31 bits per heavy atom. The van der Waals surface area contributed by atoms with Gasteiger partial charge < -0.3 is 15.4 Å². The van der Waals surface area contributed by atoms with E-state index in [1.54, 1.807) is 14.2 Å². The molecular weight excluding hydrogens is 461 g/mol. The highest BCUT2D eigenvalue weighted by Crippen LogP contribution is 2.11. The molecule has 142 valence electrons. The van der Waals surface area contributed by atoms with E-state index in [2.05, 4.69) is 27.8 Å². The molecule has 0 bridgehead atoms. The lowest BCUT2D eigenvalue weighted by Gasteiger charge is -2.12. The van der Waals surface area contributed by atoms with Crippen molar-refractivity contribution in [1.82, 2.24) is 10.6 Å². The lowest BCUT2D eigenvalue weighted by atomic mass is 10.1. The van der Waals surface area contributed by atoms with E-state index >= 15 is 0 Å². The Balaban J connectivity index is 0.00000338. The lowest BCUT2D eigenvalue weighted by Crippen LogP contribution is -2.40. The number of methoxy groups -OCH3 is 1. The average Bonchev–Trinajstić information content (AvgIpc) is 2.67. The third-order valence-corrected chi connectivity index (χ3v) is 5.05. The second-order valence-corrected chi connectivity index (χ2v) is 6.96. The van der Waals surface area contributed by atoms with Gasteiger partial charge in [0.05, 0.1) is 17.9 Å². The summed E-state index contributed by atoms with van der Waals surface area (Å²) in [7, 11) is 2.40. The predicted molar refractivity (Wildman–Crippen MR) is 119 cm³/mol. The van der Waals surface area contributed by atoms with Crippen LogP contribution in [0.25, 0.3) is 0 Å². The van der Waals surface area contributed by atoms with E-state index in [0.717, 1.165) is 29.6 Å². The number of rotatable bonds is 8. The van der Waals surface area contributed by atoms with Crippen molar-refractivity contribution in [2.45, 2.75) is 11.3 Å². The van der Waals surface area contributed by atoms with Gasteiger partial charge in [0.15, 0.2) is 5.96 Å². The SMILES string of the molecule is CN=C(NCCc1ccc(OC)cc1)NCCS(=O)c1ccccc1.I. The molecule has 26 heavy (non-hydrogen) atoms. The monoisotopic (exact) mass is 487 g/mol. The molecule has 2 N–H and O–H groups in total. The maximum atomic E-state index is 12.2. The third kappa shape index (κ3) is 7.74. The summed E-state index contributed by atoms with van der Waals surface area (Å²) in [4.78, 5) is 5.05. The number of benzene rings is 2. The quantitative estimate of drug-likeness (QED) is 0.342. The first-order chi connectivity index (χ1) is 12.2. The van der Waals surface area contributed by atoms with E-state index in [1.165, 1.54) is 5.56 Å². The third-order valence-electron chi connectivity index (χ3n) is 3.67. The smallest absolute Gasteiger partial charge is 0.191 e. The molecule has 0 saturated heterocycles. The molecule has 1 unspecified atom stereocenters. The second kappa shape index (κ2) is 12.7. The molecule has 2 aromatic rings. The molecule has 7 heteroatoms. The Labute approximate surface area is 175 Å². The summed E-state index contributed by atoms with van der Waals surface area (Å²) in [6.07, 6.45) is 0.890. The van der Waals surface area contributed by atoms with Crippen LogP contribution in [0, 0.1) is 0 Å². The van der Waals surface area contributed by atoms with Gasteiger partial charge in [0.1, 0.15) is 5.75 Å². The number of hydrogen-bond donors (Lipinski definition) is 2. The molecule has 0 aliphatic heterocycles. The average molecular weight is 487 g/mol. The Hall–Kier alpha value is -1.61. The topological polar surface area (TPSA) is 62.7 Å². The second-order valence-electron chi connectivity index (χ2n) is 5.39. The number of halogens is 1. The lowest BCUT2D eigenvalue weighted by molar-refractivity contribution is 0.414. The summed E-state index contributed by atoms with van der Waals surface area (Å²) in [6.45, 7) is 1.37. The highest BCUT2D eigenvalue weighted by molar-refractivity contribution is 14.0. The van der Waals surface area contributed by atoms with Crippen molar-refractivity contribution < 1.29 is 8.95 Å². The molecule has 0 fully saturated rings. The maximum Gasteiger partial charge on any atom is 0.191 e. The van der Waals surface area contributed by atoms with Crippen LogP contribution in [-0.2, 0) is 17.2 Å². The van der Waals surface area contributed by atoms with Crippen molar-refractivity contribution in [2.75, 3.05) is 33.0 Å². The molecule has 5 nitrogen and oxygen atoms in total. The molecule has 2 rings (SSSR count). The molecule has 0 saturated carbocycles. The number of aliphatic imine (C=N–C) groups is 1. The molecule has 2 aromatic carbocycles. The Morgan fingerprint density at radius 1 is 1.04 bits per heavy atom. The van der Waals surface area contributed by atoms with Crippen LogP contribution >= 0.6 is 24.0 Å². The van der Waals surface area contributed by atoms with Gasteiger partial charge in [-0.1, -0.05) is 30.3 Å². The first-order valence-electron chi connectivity index (χ1n) is 8.24. The molecule has 1 atom stereocenters. The maximum absolute atomic E-state index is 12.2. The molecule has 0 aromatic heterocycles. The number of nitrogens with one attached hydrogen (secondary N) is 2. The van der Waals surface area contributed by atoms with E-state index in [-0.39, 0.29) is 24.0 Å². The van der Waals surface area contributed by atoms with Gasteiger partial charge in [0.25, 0.3) is 0 Å². The van der Waals surface area contributed by atoms with Crippen molar-refractivity contribution in [2.24, 2.45) is 4.99 Å². The van der Waals surface area contributed by atoms with Crippen LogP contribution in [0.15, 0.2) is 64.5 Å². The summed E-state index contributed by atoms with van der Waals surface area (Å²) >= 11 is 0. The summed E-state index contributed by atoms with van der Waals surface area (Å²) in [6, 6.07) is 17.5. The standard InChI is InChI=1S/C19H25N3O2S.HI/c1-20-19(21-13-12-16-8-10-17(24-2)11-9-16)22-14-15-25(23)18-6-4-3-5-7-18;/h3-11H,12-15H2,1-2H3,(H2,20,21,22);1H. The number of guanidine groups is 1. The normalized spacial score (nSPS) is 12.0. The Morgan fingerprint density at radius 2 is 1.69 bits per heavy atom. The fraction of sp³-hybridized carbons (Fsp3) is 0.316. The zero-order chi connectivity index (χ0) is 17.9. The minimum Gasteiger partial charge on any atom is -0.497 e. The number of hydrogen-bond acceptors (Lipinski definition) is 3. The van der Waals surface area contributed by atoms with Gasteiger partial charge in [-0.2, -0.15) is 0 Å². The van der Waals surface area contributed by atoms with Crippen LogP contribution in [0.1, 0.15) is 5.56 Å². The predicted octanol–water partition coefficient (Wildman–Crippen LogP) is 2.83. The highest BCUT2D eigenvalue weighted by atomic mass is 127. The largest absolute Gasteiger partial charge is 0.497 e. The minimum atomic E-state index is -0.998. The number of ether oxygens (including phenoxy) is 1. The summed E-state index contributed by atoms with van der Waals surface area (Å²) in [5.41, 5.74) is 1.23.